The van der Waals surface area contributed by atoms with E-state index in [1.807, 2.05) is 0 Å². The highest BCUT2D eigenvalue weighted by Crippen LogP contribution is 1.98. The number of aromatic nitrogens is 2. The number of hydrogen-bond acceptors (Lipinski definition) is 4. The highest BCUT2D eigenvalue weighted by Gasteiger charge is 2.16. The number of H-pyrrole nitrogens is 1. The molecule has 7 nitrogen and oxygen atoms in total. The van der Waals surface area contributed by atoms with E-state index in [0.717, 1.165) is 31.6 Å². The average molecular weight is 289 g/mol. The summed E-state index contributed by atoms with van der Waals surface area (Å²) in [6, 6.07) is 0. The van der Waals surface area contributed by atoms with E-state index in [4.69, 9.17) is 0 Å². The number of hydrogen-bond donors (Lipinski definition) is 3. The van der Waals surface area contributed by atoms with Crippen molar-refractivity contribution in [2.24, 2.45) is 0 Å². The summed E-state index contributed by atoms with van der Waals surface area (Å²) in [5.41, 5.74) is 0.738. The molecule has 0 bridgehead atoms. The zero-order chi connectivity index (χ0) is 14.1. The Hall–Kier alpha value is -0.960. The lowest BCUT2D eigenvalue weighted by atomic mass is 10.4. The van der Waals surface area contributed by atoms with Gasteiger partial charge in [-0.25, -0.2) is 4.98 Å². The molecule has 0 fully saturated rings. The van der Waals surface area contributed by atoms with E-state index >= 15 is 0 Å². The van der Waals surface area contributed by atoms with E-state index in [1.54, 1.807) is 13.2 Å². The van der Waals surface area contributed by atoms with Crippen molar-refractivity contribution in [3.05, 3.63) is 18.2 Å². The Kier molecular flexibility index (Phi) is 7.00. The topological polar surface area (TPSA) is 90.1 Å². The average Bonchev–Trinajstić information content (AvgIpc) is 2.89. The summed E-state index contributed by atoms with van der Waals surface area (Å²) in [6.45, 7) is 4.61. The fourth-order valence-electron chi connectivity index (χ4n) is 1.51. The molecule has 0 atom stereocenters. The van der Waals surface area contributed by atoms with Gasteiger partial charge in [0.05, 0.1) is 12.9 Å². The highest BCUT2D eigenvalue weighted by atomic mass is 32.2. The second-order valence-corrected chi connectivity index (χ2v) is 6.19. The van der Waals surface area contributed by atoms with Crippen LogP contribution in [0.4, 0.5) is 0 Å². The Morgan fingerprint density at radius 2 is 2.21 bits per heavy atom. The second-order valence-electron chi connectivity index (χ2n) is 4.33. The Balaban J connectivity index is 2.27. The fraction of sp³-hybridized carbons (Fsp3) is 0.727. The van der Waals surface area contributed by atoms with Crippen LogP contribution in [-0.4, -0.2) is 49.4 Å². The Morgan fingerprint density at radius 3 is 2.84 bits per heavy atom. The first kappa shape index (κ1) is 16.1. The number of aromatic amines is 1. The molecule has 1 aromatic heterocycles. The van der Waals surface area contributed by atoms with E-state index in [2.05, 4.69) is 26.9 Å². The molecule has 8 heteroatoms. The number of nitrogens with zero attached hydrogens (tertiary/aromatic N) is 2. The van der Waals surface area contributed by atoms with E-state index < -0.39 is 10.2 Å². The maximum atomic E-state index is 11.9. The molecule has 3 N–H and O–H groups in total. The van der Waals surface area contributed by atoms with Crippen molar-refractivity contribution in [3.8, 4) is 0 Å². The summed E-state index contributed by atoms with van der Waals surface area (Å²) in [4.78, 5) is 6.68. The van der Waals surface area contributed by atoms with Crippen LogP contribution in [-0.2, 0) is 16.8 Å². The molecule has 110 valence electrons. The summed E-state index contributed by atoms with van der Waals surface area (Å²) in [6.07, 6.45) is 4.99. The first-order chi connectivity index (χ1) is 9.06. The van der Waals surface area contributed by atoms with Gasteiger partial charge in [-0.05, 0) is 25.9 Å². The monoisotopic (exact) mass is 289 g/mol. The molecule has 1 rings (SSSR count). The number of rotatable bonds is 10. The van der Waals surface area contributed by atoms with Crippen molar-refractivity contribution >= 4 is 10.2 Å². The van der Waals surface area contributed by atoms with Crippen LogP contribution < -0.4 is 10.0 Å². The Bertz CT molecular complexity index is 432. The molecular formula is C11H23N5O2S. The van der Waals surface area contributed by atoms with Gasteiger partial charge in [0.2, 0.25) is 0 Å². The van der Waals surface area contributed by atoms with Gasteiger partial charge in [-0.1, -0.05) is 6.92 Å². The smallest absolute Gasteiger partial charge is 0.279 e. The quantitative estimate of drug-likeness (QED) is 0.532. The van der Waals surface area contributed by atoms with Crippen molar-refractivity contribution < 1.29 is 8.42 Å². The van der Waals surface area contributed by atoms with Crippen molar-refractivity contribution in [3.63, 3.8) is 0 Å². The van der Waals surface area contributed by atoms with E-state index in [9.17, 15) is 8.42 Å². The van der Waals surface area contributed by atoms with Gasteiger partial charge in [-0.15, -0.1) is 0 Å². The number of imidazole rings is 1. The first-order valence-electron chi connectivity index (χ1n) is 6.45. The summed E-state index contributed by atoms with van der Waals surface area (Å²) < 4.78 is 27.7. The van der Waals surface area contributed by atoms with Crippen LogP contribution in [0.5, 0.6) is 0 Å². The van der Waals surface area contributed by atoms with Gasteiger partial charge in [0.15, 0.2) is 0 Å². The van der Waals surface area contributed by atoms with Gasteiger partial charge in [-0.3, -0.25) is 0 Å². The fourth-order valence-corrected chi connectivity index (χ4v) is 2.44. The van der Waals surface area contributed by atoms with Gasteiger partial charge in [0.25, 0.3) is 10.2 Å². The summed E-state index contributed by atoms with van der Waals surface area (Å²) in [5, 5.41) is 3.24. The molecule has 0 spiro atoms. The van der Waals surface area contributed by atoms with Crippen LogP contribution in [0, 0.1) is 0 Å². The van der Waals surface area contributed by atoms with Crippen LogP contribution in [0.25, 0.3) is 0 Å². The lowest BCUT2D eigenvalue weighted by Crippen LogP contribution is -2.39. The zero-order valence-corrected chi connectivity index (χ0v) is 12.3. The van der Waals surface area contributed by atoms with Crippen molar-refractivity contribution in [1.82, 2.24) is 24.3 Å². The van der Waals surface area contributed by atoms with Crippen molar-refractivity contribution in [1.29, 1.82) is 0 Å². The largest absolute Gasteiger partial charge is 0.347 e. The van der Waals surface area contributed by atoms with Crippen LogP contribution >= 0.6 is 0 Å². The maximum Gasteiger partial charge on any atom is 0.279 e. The molecule has 0 aromatic carbocycles. The molecule has 1 aromatic rings. The van der Waals surface area contributed by atoms with Crippen molar-refractivity contribution in [2.75, 3.05) is 26.7 Å². The highest BCUT2D eigenvalue weighted by molar-refractivity contribution is 7.87. The zero-order valence-electron chi connectivity index (χ0n) is 11.5. The predicted molar refractivity (Wildman–Crippen MR) is 74.8 cm³/mol. The maximum absolute atomic E-state index is 11.9. The minimum atomic E-state index is -3.42. The predicted octanol–water partition coefficient (Wildman–Crippen LogP) is 0.0656. The summed E-state index contributed by atoms with van der Waals surface area (Å²) in [5.74, 6) is 0. The minimum absolute atomic E-state index is 0.223. The van der Waals surface area contributed by atoms with Crippen LogP contribution in [0.1, 0.15) is 25.5 Å². The van der Waals surface area contributed by atoms with Crippen molar-refractivity contribution in [2.45, 2.75) is 26.3 Å². The third-order valence-corrected chi connectivity index (χ3v) is 4.18. The van der Waals surface area contributed by atoms with Crippen LogP contribution in [0.3, 0.4) is 0 Å². The molecule has 0 aliphatic rings. The summed E-state index contributed by atoms with van der Waals surface area (Å²) in [7, 11) is -1.84. The van der Waals surface area contributed by atoms with Gasteiger partial charge in [-0.2, -0.15) is 17.4 Å². The lowest BCUT2D eigenvalue weighted by Gasteiger charge is -2.17. The third kappa shape index (κ3) is 6.15. The molecule has 0 amide bonds. The molecule has 0 unspecified atom stereocenters. The SMILES string of the molecule is CCCNCCCN(C)S(=O)(=O)NCc1cnc[nH]1. The standard InChI is InChI=1S/C11H23N5O2S/c1-3-5-12-6-4-7-16(2)19(17,18)15-9-11-8-13-10-14-11/h8,10,12,15H,3-7,9H2,1-2H3,(H,13,14). The third-order valence-electron chi connectivity index (χ3n) is 2.66. The Labute approximate surface area is 115 Å². The Morgan fingerprint density at radius 1 is 1.42 bits per heavy atom. The normalized spacial score (nSPS) is 12.2. The molecule has 0 saturated carbocycles. The minimum Gasteiger partial charge on any atom is -0.347 e. The lowest BCUT2D eigenvalue weighted by molar-refractivity contribution is 0.444. The molecule has 19 heavy (non-hydrogen) atoms. The van der Waals surface area contributed by atoms with Gasteiger partial charge >= 0.3 is 0 Å². The number of nitrogens with one attached hydrogen (secondary N) is 3. The molecule has 0 aliphatic carbocycles. The van der Waals surface area contributed by atoms with E-state index in [-0.39, 0.29) is 6.54 Å². The van der Waals surface area contributed by atoms with Gasteiger partial charge in [0.1, 0.15) is 0 Å². The molecule has 0 saturated heterocycles. The molecule has 0 aliphatic heterocycles. The van der Waals surface area contributed by atoms with Gasteiger partial charge < -0.3 is 10.3 Å². The molecule has 1 heterocycles. The molecule has 0 radical (unpaired) electrons. The van der Waals surface area contributed by atoms with E-state index in [0.29, 0.717) is 6.54 Å². The summed E-state index contributed by atoms with van der Waals surface area (Å²) >= 11 is 0. The van der Waals surface area contributed by atoms with E-state index in [1.165, 1.54) is 10.6 Å². The molecular weight excluding hydrogens is 266 g/mol. The van der Waals surface area contributed by atoms with Crippen LogP contribution in [0.15, 0.2) is 12.5 Å². The van der Waals surface area contributed by atoms with Crippen LogP contribution in [0.2, 0.25) is 0 Å². The first-order valence-corrected chi connectivity index (χ1v) is 7.89. The second kappa shape index (κ2) is 8.26. The van der Waals surface area contributed by atoms with Gasteiger partial charge in [0, 0.05) is 25.5 Å².